The van der Waals surface area contributed by atoms with Crippen LogP contribution in [0.15, 0.2) is 24.3 Å². The van der Waals surface area contributed by atoms with Crippen molar-refractivity contribution in [3.63, 3.8) is 0 Å². The molecule has 1 aliphatic heterocycles. The van der Waals surface area contributed by atoms with Gasteiger partial charge in [-0.3, -0.25) is 4.79 Å². The first-order chi connectivity index (χ1) is 27.3. The molecule has 1 rings (SSSR count). The molecule has 1 fully saturated rings. The summed E-state index contributed by atoms with van der Waals surface area (Å²) >= 11 is 0. The predicted octanol–water partition coefficient (Wildman–Crippen LogP) is 9.89. The molecular weight excluding hydrogens is 707 g/mol. The Kier molecular flexibility index (Phi) is 35.7. The third-order valence-electron chi connectivity index (χ3n) is 11.3. The van der Waals surface area contributed by atoms with Crippen LogP contribution in [0.4, 0.5) is 0 Å². The van der Waals surface area contributed by atoms with E-state index in [1.54, 1.807) is 0 Å². The molecule has 0 bridgehead atoms. The van der Waals surface area contributed by atoms with Gasteiger partial charge in [-0.25, -0.2) is 0 Å². The minimum atomic E-state index is -1.55. The fraction of sp³-hybridized carbons (Fsp3) is 0.894. The Morgan fingerprint density at radius 3 is 1.55 bits per heavy atom. The number of ether oxygens (including phenoxy) is 2. The van der Waals surface area contributed by atoms with Gasteiger partial charge >= 0.3 is 0 Å². The molecule has 9 heteroatoms. The number of carbonyl (C=O) groups excluding carboxylic acids is 1. The topological polar surface area (TPSA) is 149 Å². The average molecular weight is 796 g/mol. The molecule has 6 N–H and O–H groups in total. The summed E-state index contributed by atoms with van der Waals surface area (Å²) in [6.07, 6.45) is 37.5. The lowest BCUT2D eigenvalue weighted by Gasteiger charge is -2.40. The number of aliphatic hydroxyl groups excluding tert-OH is 5. The molecular formula is C47H89NO8. The lowest BCUT2D eigenvalue weighted by molar-refractivity contribution is -0.302. The lowest BCUT2D eigenvalue weighted by Crippen LogP contribution is -2.60. The summed E-state index contributed by atoms with van der Waals surface area (Å²) in [6, 6.07) is -0.720. The van der Waals surface area contributed by atoms with E-state index in [0.717, 1.165) is 51.4 Å². The summed E-state index contributed by atoms with van der Waals surface area (Å²) in [5.41, 5.74) is 0. The standard InChI is InChI=1S/C47H89NO8/c1-3-5-7-9-11-13-15-17-19-20-21-23-25-27-29-31-33-35-37-43(51)48-40(39-55-47-46(54)45(53)44(52)42(38-49)56-47)41(50)36-34-32-30-28-26-24-22-18-16-14-12-10-8-6-4-2/h13,15,19-20,40-42,44-47,49-50,52-54H,3-12,14,16-18,21-39H2,1-2H3,(H,48,51)/b15-13-,20-19-. The van der Waals surface area contributed by atoms with Crippen LogP contribution in [0.25, 0.3) is 0 Å². The number of allylic oxidation sites excluding steroid dienone is 4. The second-order valence-electron chi connectivity index (χ2n) is 16.6. The van der Waals surface area contributed by atoms with E-state index >= 15 is 0 Å². The van der Waals surface area contributed by atoms with E-state index < -0.39 is 49.5 Å². The van der Waals surface area contributed by atoms with Gasteiger partial charge in [0.05, 0.1) is 25.4 Å². The summed E-state index contributed by atoms with van der Waals surface area (Å²) in [6.45, 7) is 3.82. The second kappa shape index (κ2) is 37.9. The normalized spacial score (nSPS) is 21.3. The highest BCUT2D eigenvalue weighted by molar-refractivity contribution is 5.76. The van der Waals surface area contributed by atoms with Crippen LogP contribution < -0.4 is 5.32 Å². The molecule has 0 aromatic rings. The molecule has 330 valence electrons. The fourth-order valence-corrected chi connectivity index (χ4v) is 7.48. The van der Waals surface area contributed by atoms with E-state index in [4.69, 9.17) is 9.47 Å². The van der Waals surface area contributed by atoms with Crippen LogP contribution in [-0.2, 0) is 14.3 Å². The first kappa shape index (κ1) is 52.7. The number of hydrogen-bond acceptors (Lipinski definition) is 8. The van der Waals surface area contributed by atoms with Gasteiger partial charge in [0.2, 0.25) is 5.91 Å². The van der Waals surface area contributed by atoms with Gasteiger partial charge in [0, 0.05) is 6.42 Å². The highest BCUT2D eigenvalue weighted by Crippen LogP contribution is 2.23. The van der Waals surface area contributed by atoms with Crippen LogP contribution in [0.3, 0.4) is 0 Å². The molecule has 0 radical (unpaired) electrons. The Labute approximate surface area is 343 Å². The molecule has 7 unspecified atom stereocenters. The zero-order valence-corrected chi connectivity index (χ0v) is 36.1. The Morgan fingerprint density at radius 2 is 1.05 bits per heavy atom. The van der Waals surface area contributed by atoms with Crippen molar-refractivity contribution in [2.75, 3.05) is 13.2 Å². The second-order valence-corrected chi connectivity index (χ2v) is 16.6. The Hall–Kier alpha value is -1.33. The van der Waals surface area contributed by atoms with Gasteiger partial charge in [-0.2, -0.15) is 0 Å². The van der Waals surface area contributed by atoms with Gasteiger partial charge in [-0.1, -0.05) is 186 Å². The summed E-state index contributed by atoms with van der Waals surface area (Å²) in [7, 11) is 0. The van der Waals surface area contributed by atoms with Crippen LogP contribution in [0.5, 0.6) is 0 Å². The quantitative estimate of drug-likeness (QED) is 0.0266. The Bertz CT molecular complexity index is 930. The third kappa shape index (κ3) is 28.2. The molecule has 0 aromatic carbocycles. The zero-order chi connectivity index (χ0) is 40.9. The maximum absolute atomic E-state index is 13.0. The molecule has 0 spiro atoms. The van der Waals surface area contributed by atoms with E-state index in [1.165, 1.54) is 135 Å². The summed E-state index contributed by atoms with van der Waals surface area (Å²) < 4.78 is 11.3. The largest absolute Gasteiger partial charge is 0.394 e. The van der Waals surface area contributed by atoms with E-state index in [9.17, 15) is 30.3 Å². The number of amides is 1. The molecule has 1 amide bonds. The van der Waals surface area contributed by atoms with Gasteiger partial charge in [0.15, 0.2) is 6.29 Å². The smallest absolute Gasteiger partial charge is 0.220 e. The summed E-state index contributed by atoms with van der Waals surface area (Å²) in [5.74, 6) is -0.152. The van der Waals surface area contributed by atoms with Crippen LogP contribution >= 0.6 is 0 Å². The van der Waals surface area contributed by atoms with Crippen LogP contribution in [0.1, 0.15) is 213 Å². The zero-order valence-electron chi connectivity index (χ0n) is 36.1. The van der Waals surface area contributed by atoms with E-state index in [0.29, 0.717) is 12.8 Å². The van der Waals surface area contributed by atoms with Gasteiger partial charge < -0.3 is 40.3 Å². The van der Waals surface area contributed by atoms with Crippen molar-refractivity contribution in [3.05, 3.63) is 24.3 Å². The third-order valence-corrected chi connectivity index (χ3v) is 11.3. The lowest BCUT2D eigenvalue weighted by atomic mass is 9.99. The van der Waals surface area contributed by atoms with Crippen LogP contribution in [-0.4, -0.2) is 87.5 Å². The van der Waals surface area contributed by atoms with Crippen molar-refractivity contribution in [2.24, 2.45) is 0 Å². The number of hydrogen-bond donors (Lipinski definition) is 6. The van der Waals surface area contributed by atoms with Crippen LogP contribution in [0, 0.1) is 0 Å². The van der Waals surface area contributed by atoms with E-state index in [2.05, 4.69) is 43.5 Å². The van der Waals surface area contributed by atoms with Crippen molar-refractivity contribution in [1.82, 2.24) is 5.32 Å². The first-order valence-corrected chi connectivity index (χ1v) is 23.5. The van der Waals surface area contributed by atoms with Crippen molar-refractivity contribution >= 4 is 5.91 Å². The van der Waals surface area contributed by atoms with Crippen molar-refractivity contribution in [2.45, 2.75) is 256 Å². The maximum Gasteiger partial charge on any atom is 0.220 e. The molecule has 7 atom stereocenters. The van der Waals surface area contributed by atoms with Gasteiger partial charge in [0.25, 0.3) is 0 Å². The van der Waals surface area contributed by atoms with Gasteiger partial charge in [-0.15, -0.1) is 0 Å². The van der Waals surface area contributed by atoms with E-state index in [-0.39, 0.29) is 12.5 Å². The van der Waals surface area contributed by atoms with Gasteiger partial charge in [-0.05, 0) is 44.9 Å². The molecule has 0 aromatic heterocycles. The minimum Gasteiger partial charge on any atom is -0.394 e. The van der Waals surface area contributed by atoms with Crippen molar-refractivity contribution in [1.29, 1.82) is 0 Å². The summed E-state index contributed by atoms with van der Waals surface area (Å²) in [4.78, 5) is 13.0. The summed E-state index contributed by atoms with van der Waals surface area (Å²) in [5, 5.41) is 54.4. The van der Waals surface area contributed by atoms with Crippen molar-refractivity contribution < 1.29 is 39.8 Å². The number of carbonyl (C=O) groups is 1. The van der Waals surface area contributed by atoms with Gasteiger partial charge in [0.1, 0.15) is 24.4 Å². The van der Waals surface area contributed by atoms with Crippen LogP contribution in [0.2, 0.25) is 0 Å². The molecule has 1 aliphatic rings. The molecule has 0 aliphatic carbocycles. The molecule has 56 heavy (non-hydrogen) atoms. The number of unbranched alkanes of at least 4 members (excludes halogenated alkanes) is 25. The maximum atomic E-state index is 13.0. The minimum absolute atomic E-state index is 0.140. The molecule has 1 heterocycles. The molecule has 9 nitrogen and oxygen atoms in total. The first-order valence-electron chi connectivity index (χ1n) is 23.5. The number of aliphatic hydroxyl groups is 5. The Morgan fingerprint density at radius 1 is 0.607 bits per heavy atom. The predicted molar refractivity (Wildman–Crippen MR) is 230 cm³/mol. The average Bonchev–Trinajstić information content (AvgIpc) is 3.20. The Balaban J connectivity index is 2.32. The number of rotatable bonds is 39. The highest BCUT2D eigenvalue weighted by atomic mass is 16.7. The molecule has 1 saturated heterocycles. The SMILES string of the molecule is CCCCCC/C=C\C/C=C\CCCCCCCCCC(=O)NC(COC1OC(CO)C(O)C(O)C1O)C(O)CCCCCCCCCCCCCCCCC. The number of nitrogens with one attached hydrogen (secondary N) is 1. The van der Waals surface area contributed by atoms with Crippen molar-refractivity contribution in [3.8, 4) is 0 Å². The monoisotopic (exact) mass is 796 g/mol. The molecule has 0 saturated carbocycles. The highest BCUT2D eigenvalue weighted by Gasteiger charge is 2.44. The fourth-order valence-electron chi connectivity index (χ4n) is 7.48. The van der Waals surface area contributed by atoms with E-state index in [1.807, 2.05) is 0 Å².